The fraction of sp³-hybridized carbons (Fsp3) is 0.400. The maximum atomic E-state index is 12.9. The average molecular weight is 183 g/mol. The Kier molecular flexibility index (Phi) is 1.45. The average Bonchev–Trinajstić information content (AvgIpc) is 2.53. The third-order valence-corrected chi connectivity index (χ3v) is 2.81. The highest BCUT2D eigenvalue weighted by molar-refractivity contribution is 5.45. The van der Waals surface area contributed by atoms with Crippen molar-refractivity contribution in [3.63, 3.8) is 0 Å². The first-order valence-electron chi connectivity index (χ1n) is 4.20. The van der Waals surface area contributed by atoms with Crippen LogP contribution in [0.5, 0.6) is 0 Å². The van der Waals surface area contributed by atoms with Crippen LogP contribution in [-0.4, -0.2) is 5.92 Å². The van der Waals surface area contributed by atoms with E-state index in [0.29, 0.717) is 11.3 Å². The van der Waals surface area contributed by atoms with Crippen molar-refractivity contribution in [1.82, 2.24) is 0 Å². The second-order valence-corrected chi connectivity index (χ2v) is 3.84. The van der Waals surface area contributed by atoms with Gasteiger partial charge in [0.2, 0.25) is 0 Å². The normalized spacial score (nSPS) is 30.1. The fourth-order valence-corrected chi connectivity index (χ4v) is 1.56. The van der Waals surface area contributed by atoms with Crippen LogP contribution < -0.4 is 5.73 Å². The molecule has 0 amide bonds. The van der Waals surface area contributed by atoms with Gasteiger partial charge in [-0.1, -0.05) is 12.1 Å². The van der Waals surface area contributed by atoms with Gasteiger partial charge in [-0.3, -0.25) is 0 Å². The number of benzene rings is 1. The molecule has 1 fully saturated rings. The van der Waals surface area contributed by atoms with Crippen LogP contribution in [0.3, 0.4) is 0 Å². The zero-order valence-electron chi connectivity index (χ0n) is 7.35. The quantitative estimate of drug-likeness (QED) is 0.665. The van der Waals surface area contributed by atoms with Crippen molar-refractivity contribution >= 4 is 5.69 Å². The smallest absolute Gasteiger partial charge is 0.258 e. The van der Waals surface area contributed by atoms with E-state index in [0.717, 1.165) is 0 Å². The molecule has 2 N–H and O–H groups in total. The topological polar surface area (TPSA) is 26.0 Å². The Balaban J connectivity index is 2.34. The number of nitrogen functional groups attached to an aromatic ring is 1. The van der Waals surface area contributed by atoms with Crippen molar-refractivity contribution in [3.05, 3.63) is 29.8 Å². The van der Waals surface area contributed by atoms with Crippen molar-refractivity contribution in [2.45, 2.75) is 24.7 Å². The zero-order chi connectivity index (χ0) is 9.69. The van der Waals surface area contributed by atoms with Crippen LogP contribution >= 0.6 is 0 Å². The molecule has 1 saturated carbocycles. The summed E-state index contributed by atoms with van der Waals surface area (Å²) >= 11 is 0. The Morgan fingerprint density at radius 3 is 2.08 bits per heavy atom. The highest BCUT2D eigenvalue weighted by atomic mass is 19.3. The van der Waals surface area contributed by atoms with Gasteiger partial charge in [0.25, 0.3) is 5.92 Å². The summed E-state index contributed by atoms with van der Waals surface area (Å²) in [6.45, 7) is 1.58. The number of anilines is 1. The Morgan fingerprint density at radius 2 is 1.69 bits per heavy atom. The minimum absolute atomic E-state index is 0.0517. The lowest BCUT2D eigenvalue weighted by Crippen LogP contribution is -2.11. The largest absolute Gasteiger partial charge is 0.399 e. The molecule has 3 heteroatoms. The molecule has 1 atom stereocenters. The summed E-state index contributed by atoms with van der Waals surface area (Å²) in [6, 6.07) is 6.68. The Morgan fingerprint density at radius 1 is 1.23 bits per heavy atom. The summed E-state index contributed by atoms with van der Waals surface area (Å²) in [5.74, 6) is -2.54. The zero-order valence-corrected chi connectivity index (χ0v) is 7.35. The van der Waals surface area contributed by atoms with Gasteiger partial charge in [0, 0.05) is 12.1 Å². The fourth-order valence-electron chi connectivity index (χ4n) is 1.56. The minimum Gasteiger partial charge on any atom is -0.399 e. The summed E-state index contributed by atoms with van der Waals surface area (Å²) in [6.07, 6.45) is -0.0517. The molecule has 0 radical (unpaired) electrons. The molecule has 2 rings (SSSR count). The summed E-state index contributed by atoms with van der Waals surface area (Å²) in [5, 5.41) is 0. The monoisotopic (exact) mass is 183 g/mol. The molecular weight excluding hydrogens is 172 g/mol. The lowest BCUT2D eigenvalue weighted by atomic mass is 9.97. The van der Waals surface area contributed by atoms with Gasteiger partial charge in [-0.15, -0.1) is 0 Å². The van der Waals surface area contributed by atoms with E-state index in [1.54, 1.807) is 31.2 Å². The molecule has 0 heterocycles. The summed E-state index contributed by atoms with van der Waals surface area (Å²) < 4.78 is 25.9. The highest BCUT2D eigenvalue weighted by Gasteiger charge is 2.68. The van der Waals surface area contributed by atoms with Crippen LogP contribution in [0.25, 0.3) is 0 Å². The molecule has 1 nitrogen and oxygen atoms in total. The first-order valence-corrected chi connectivity index (χ1v) is 4.20. The van der Waals surface area contributed by atoms with Crippen molar-refractivity contribution < 1.29 is 8.78 Å². The Hall–Kier alpha value is -1.12. The predicted molar refractivity (Wildman–Crippen MR) is 47.8 cm³/mol. The maximum absolute atomic E-state index is 12.9. The molecule has 0 spiro atoms. The van der Waals surface area contributed by atoms with Gasteiger partial charge in [-0.25, -0.2) is 8.78 Å². The van der Waals surface area contributed by atoms with Crippen LogP contribution in [0.2, 0.25) is 0 Å². The van der Waals surface area contributed by atoms with Crippen LogP contribution in [0.15, 0.2) is 24.3 Å². The standard InChI is InChI=1S/C10H11F2N/c1-9(6-10(9,11)12)7-2-4-8(13)5-3-7/h2-5H,6,13H2,1H3. The third-order valence-electron chi connectivity index (χ3n) is 2.81. The summed E-state index contributed by atoms with van der Waals surface area (Å²) in [4.78, 5) is 0. The number of rotatable bonds is 1. The van der Waals surface area contributed by atoms with Gasteiger partial charge in [0.05, 0.1) is 5.41 Å². The molecular formula is C10H11F2N. The SMILES string of the molecule is CC1(c2ccc(N)cc2)CC1(F)F. The van der Waals surface area contributed by atoms with Gasteiger partial charge in [-0.05, 0) is 24.6 Å². The molecule has 1 aromatic rings. The second-order valence-electron chi connectivity index (χ2n) is 3.84. The van der Waals surface area contributed by atoms with E-state index in [1.165, 1.54) is 0 Å². The van der Waals surface area contributed by atoms with Gasteiger partial charge in [0.15, 0.2) is 0 Å². The second kappa shape index (κ2) is 2.22. The first kappa shape index (κ1) is 8.48. The molecule has 70 valence electrons. The molecule has 1 aliphatic rings. The lowest BCUT2D eigenvalue weighted by Gasteiger charge is -2.10. The Labute approximate surface area is 75.6 Å². The summed E-state index contributed by atoms with van der Waals surface area (Å²) in [5.41, 5.74) is 5.79. The number of alkyl halides is 2. The summed E-state index contributed by atoms with van der Waals surface area (Å²) in [7, 11) is 0. The minimum atomic E-state index is -2.54. The number of nitrogens with two attached hydrogens (primary N) is 1. The Bertz CT molecular complexity index is 331. The first-order chi connectivity index (χ1) is 5.96. The van der Waals surface area contributed by atoms with Crippen LogP contribution in [0.1, 0.15) is 18.9 Å². The highest BCUT2D eigenvalue weighted by Crippen LogP contribution is 2.61. The molecule has 13 heavy (non-hydrogen) atoms. The van der Waals surface area contributed by atoms with Gasteiger partial charge in [-0.2, -0.15) is 0 Å². The van der Waals surface area contributed by atoms with Crippen molar-refractivity contribution in [3.8, 4) is 0 Å². The van der Waals surface area contributed by atoms with Crippen LogP contribution in [0.4, 0.5) is 14.5 Å². The van der Waals surface area contributed by atoms with E-state index in [4.69, 9.17) is 5.73 Å². The lowest BCUT2D eigenvalue weighted by molar-refractivity contribution is 0.0920. The number of hydrogen-bond donors (Lipinski definition) is 1. The van der Waals surface area contributed by atoms with Crippen molar-refractivity contribution in [1.29, 1.82) is 0 Å². The molecule has 0 aromatic heterocycles. The van der Waals surface area contributed by atoms with E-state index in [1.807, 2.05) is 0 Å². The van der Waals surface area contributed by atoms with Crippen LogP contribution in [-0.2, 0) is 5.41 Å². The molecule has 0 aliphatic heterocycles. The molecule has 0 saturated heterocycles. The van der Waals surface area contributed by atoms with Crippen molar-refractivity contribution in [2.75, 3.05) is 5.73 Å². The van der Waals surface area contributed by atoms with Gasteiger partial charge >= 0.3 is 0 Å². The molecule has 1 aliphatic carbocycles. The number of halogens is 2. The number of hydrogen-bond acceptors (Lipinski definition) is 1. The van der Waals surface area contributed by atoms with E-state index >= 15 is 0 Å². The van der Waals surface area contributed by atoms with E-state index < -0.39 is 11.3 Å². The predicted octanol–water partition coefficient (Wildman–Crippen LogP) is 2.57. The van der Waals surface area contributed by atoms with E-state index in [2.05, 4.69) is 0 Å². The maximum Gasteiger partial charge on any atom is 0.258 e. The van der Waals surface area contributed by atoms with Gasteiger partial charge in [0.1, 0.15) is 0 Å². The third kappa shape index (κ3) is 1.10. The van der Waals surface area contributed by atoms with Gasteiger partial charge < -0.3 is 5.73 Å². The van der Waals surface area contributed by atoms with Crippen LogP contribution in [0, 0.1) is 0 Å². The van der Waals surface area contributed by atoms with E-state index in [9.17, 15) is 8.78 Å². The van der Waals surface area contributed by atoms with E-state index in [-0.39, 0.29) is 6.42 Å². The molecule has 1 aromatic carbocycles. The molecule has 1 unspecified atom stereocenters. The van der Waals surface area contributed by atoms with Crippen molar-refractivity contribution in [2.24, 2.45) is 0 Å². The molecule has 0 bridgehead atoms.